The molecule has 0 saturated heterocycles. The van der Waals surface area contributed by atoms with E-state index in [0.717, 1.165) is 44.2 Å². The van der Waals surface area contributed by atoms with Gasteiger partial charge in [-0.05, 0) is 11.6 Å². The molecule has 4 aromatic heterocycles. The van der Waals surface area contributed by atoms with E-state index in [-0.39, 0.29) is 0 Å². The highest BCUT2D eigenvalue weighted by Crippen LogP contribution is 2.36. The Kier molecular flexibility index (Phi) is 3.47. The SMILES string of the molecule is O[C@]1(c2cccc(-c3csc(-c4c[nH]c5ncncc45)n3)c2)Cc2nccn2C1. The Morgan fingerprint density at radius 2 is 2.21 bits per heavy atom. The number of hydrogen-bond acceptors (Lipinski definition) is 6. The number of nitrogens with one attached hydrogen (secondary N) is 1. The molecule has 0 fully saturated rings. The predicted octanol–water partition coefficient (Wildman–Crippen LogP) is 3.39. The van der Waals surface area contributed by atoms with Crippen LogP contribution in [0.3, 0.4) is 0 Å². The second kappa shape index (κ2) is 6.07. The van der Waals surface area contributed by atoms with Gasteiger partial charge in [0, 0.05) is 53.1 Å². The molecular weight excluding hydrogens is 384 g/mol. The summed E-state index contributed by atoms with van der Waals surface area (Å²) in [5.74, 6) is 0.912. The van der Waals surface area contributed by atoms with Crippen molar-refractivity contribution in [3.63, 3.8) is 0 Å². The lowest BCUT2D eigenvalue weighted by Gasteiger charge is -2.22. The fourth-order valence-corrected chi connectivity index (χ4v) is 4.84. The van der Waals surface area contributed by atoms with Crippen molar-refractivity contribution in [3.05, 3.63) is 72.1 Å². The van der Waals surface area contributed by atoms with Crippen molar-refractivity contribution in [2.45, 2.75) is 18.6 Å². The molecule has 5 aromatic rings. The van der Waals surface area contributed by atoms with E-state index in [4.69, 9.17) is 4.98 Å². The Labute approximate surface area is 169 Å². The zero-order valence-electron chi connectivity index (χ0n) is 15.3. The van der Waals surface area contributed by atoms with Crippen LogP contribution in [0.5, 0.6) is 0 Å². The summed E-state index contributed by atoms with van der Waals surface area (Å²) in [6.07, 6.45) is 9.45. The van der Waals surface area contributed by atoms with E-state index in [1.165, 1.54) is 6.33 Å². The van der Waals surface area contributed by atoms with Crippen molar-refractivity contribution >= 4 is 22.4 Å². The molecule has 6 rings (SSSR count). The molecule has 0 spiro atoms. The second-order valence-corrected chi connectivity index (χ2v) is 8.14. The molecule has 0 bridgehead atoms. The molecule has 0 unspecified atom stereocenters. The lowest BCUT2D eigenvalue weighted by atomic mass is 9.91. The maximum Gasteiger partial charge on any atom is 0.141 e. The van der Waals surface area contributed by atoms with E-state index >= 15 is 0 Å². The first-order chi connectivity index (χ1) is 14.2. The van der Waals surface area contributed by atoms with Gasteiger partial charge in [-0.3, -0.25) is 0 Å². The Morgan fingerprint density at radius 1 is 1.24 bits per heavy atom. The Hall–Kier alpha value is -3.36. The van der Waals surface area contributed by atoms with Crippen LogP contribution in [0.1, 0.15) is 11.4 Å². The quantitative estimate of drug-likeness (QED) is 0.484. The fraction of sp³-hybridized carbons (Fsp3) is 0.143. The van der Waals surface area contributed by atoms with E-state index in [0.29, 0.717) is 13.0 Å². The van der Waals surface area contributed by atoms with E-state index in [1.54, 1.807) is 23.7 Å². The van der Waals surface area contributed by atoms with Crippen molar-refractivity contribution in [1.82, 2.24) is 29.5 Å². The summed E-state index contributed by atoms with van der Waals surface area (Å²) >= 11 is 1.58. The number of H-pyrrole nitrogens is 1. The molecule has 1 atom stereocenters. The number of benzene rings is 1. The van der Waals surface area contributed by atoms with Gasteiger partial charge in [0.15, 0.2) is 0 Å². The summed E-state index contributed by atoms with van der Waals surface area (Å²) in [6.45, 7) is 0.517. The molecular formula is C21H16N6OS. The Morgan fingerprint density at radius 3 is 3.14 bits per heavy atom. The standard InChI is InChI=1S/C21H16N6OS/c28-21(7-18-23-4-5-27(18)11-21)14-3-1-2-13(6-14)17-10-29-20(26-17)16-9-24-19-15(16)8-22-12-25-19/h1-6,8-10,12,28H,7,11H2,(H,22,24,25)/t21-/m1/s1. The van der Waals surface area contributed by atoms with Crippen LogP contribution in [0.15, 0.2) is 60.8 Å². The van der Waals surface area contributed by atoms with E-state index in [9.17, 15) is 5.11 Å². The Balaban J connectivity index is 1.36. The third kappa shape index (κ3) is 2.60. The van der Waals surface area contributed by atoms with Gasteiger partial charge in [0.2, 0.25) is 0 Å². The summed E-state index contributed by atoms with van der Waals surface area (Å²) in [6, 6.07) is 8.00. The highest BCUT2D eigenvalue weighted by atomic mass is 32.1. The van der Waals surface area contributed by atoms with Crippen molar-refractivity contribution in [3.8, 4) is 21.8 Å². The summed E-state index contributed by atoms with van der Waals surface area (Å²) < 4.78 is 2.01. The molecule has 1 aromatic carbocycles. The first-order valence-corrected chi connectivity index (χ1v) is 10.1. The average Bonchev–Trinajstić information content (AvgIpc) is 3.50. The van der Waals surface area contributed by atoms with Crippen molar-refractivity contribution in [2.75, 3.05) is 0 Å². The third-order valence-corrected chi connectivity index (χ3v) is 6.35. The Bertz CT molecular complexity index is 1330. The van der Waals surface area contributed by atoms with Gasteiger partial charge in [0.05, 0.1) is 12.2 Å². The van der Waals surface area contributed by atoms with Gasteiger partial charge in [0.1, 0.15) is 28.4 Å². The number of aromatic amines is 1. The normalized spacial score (nSPS) is 18.4. The van der Waals surface area contributed by atoms with Gasteiger partial charge in [-0.25, -0.2) is 19.9 Å². The first-order valence-electron chi connectivity index (χ1n) is 9.26. The first kappa shape index (κ1) is 16.6. The predicted molar refractivity (Wildman–Crippen MR) is 110 cm³/mol. The fourth-order valence-electron chi connectivity index (χ4n) is 3.98. The van der Waals surface area contributed by atoms with Gasteiger partial charge < -0.3 is 14.7 Å². The van der Waals surface area contributed by atoms with E-state index in [1.807, 2.05) is 46.6 Å². The lowest BCUT2D eigenvalue weighted by Crippen LogP contribution is -2.27. The minimum Gasteiger partial charge on any atom is -0.383 e. The topological polar surface area (TPSA) is 92.5 Å². The molecule has 0 amide bonds. The van der Waals surface area contributed by atoms with Crippen molar-refractivity contribution in [2.24, 2.45) is 0 Å². The van der Waals surface area contributed by atoms with Crippen LogP contribution in [-0.2, 0) is 18.6 Å². The highest BCUT2D eigenvalue weighted by molar-refractivity contribution is 7.13. The molecule has 1 aliphatic heterocycles. The molecule has 5 heterocycles. The molecule has 7 nitrogen and oxygen atoms in total. The number of thiazole rings is 1. The summed E-state index contributed by atoms with van der Waals surface area (Å²) in [7, 11) is 0. The van der Waals surface area contributed by atoms with Gasteiger partial charge in [0.25, 0.3) is 0 Å². The van der Waals surface area contributed by atoms with Gasteiger partial charge in [-0.1, -0.05) is 18.2 Å². The summed E-state index contributed by atoms with van der Waals surface area (Å²) in [4.78, 5) is 20.7. The number of rotatable bonds is 3. The van der Waals surface area contributed by atoms with Crippen LogP contribution in [0.4, 0.5) is 0 Å². The summed E-state index contributed by atoms with van der Waals surface area (Å²) in [5.41, 5.74) is 3.61. The lowest BCUT2D eigenvalue weighted by molar-refractivity contribution is 0.0376. The minimum absolute atomic E-state index is 0.515. The van der Waals surface area contributed by atoms with Crippen LogP contribution < -0.4 is 0 Å². The molecule has 0 aliphatic carbocycles. The van der Waals surface area contributed by atoms with Crippen molar-refractivity contribution in [1.29, 1.82) is 0 Å². The number of imidazole rings is 1. The highest BCUT2D eigenvalue weighted by Gasteiger charge is 2.37. The van der Waals surface area contributed by atoms with Crippen LogP contribution in [0, 0.1) is 0 Å². The smallest absolute Gasteiger partial charge is 0.141 e. The number of fused-ring (bicyclic) bond motifs is 2. The molecule has 142 valence electrons. The number of aliphatic hydroxyl groups is 1. The number of nitrogens with zero attached hydrogens (tertiary/aromatic N) is 5. The molecule has 8 heteroatoms. The van der Waals surface area contributed by atoms with Crippen LogP contribution in [0.25, 0.3) is 32.9 Å². The maximum atomic E-state index is 11.2. The molecule has 29 heavy (non-hydrogen) atoms. The third-order valence-electron chi connectivity index (χ3n) is 5.47. The monoisotopic (exact) mass is 400 g/mol. The van der Waals surface area contributed by atoms with E-state index in [2.05, 4.69) is 19.9 Å². The zero-order valence-corrected chi connectivity index (χ0v) is 16.1. The number of aromatic nitrogens is 6. The maximum absolute atomic E-state index is 11.2. The second-order valence-electron chi connectivity index (χ2n) is 7.29. The van der Waals surface area contributed by atoms with E-state index < -0.39 is 5.60 Å². The zero-order chi connectivity index (χ0) is 19.4. The number of hydrogen-bond donors (Lipinski definition) is 2. The van der Waals surface area contributed by atoms with Gasteiger partial charge >= 0.3 is 0 Å². The molecule has 0 radical (unpaired) electrons. The van der Waals surface area contributed by atoms with Gasteiger partial charge in [-0.15, -0.1) is 11.3 Å². The van der Waals surface area contributed by atoms with Crippen LogP contribution in [-0.4, -0.2) is 34.6 Å². The molecule has 1 aliphatic rings. The minimum atomic E-state index is -0.938. The largest absolute Gasteiger partial charge is 0.383 e. The van der Waals surface area contributed by atoms with Crippen molar-refractivity contribution < 1.29 is 5.11 Å². The molecule has 2 N–H and O–H groups in total. The van der Waals surface area contributed by atoms with Crippen LogP contribution in [0.2, 0.25) is 0 Å². The van der Waals surface area contributed by atoms with Gasteiger partial charge in [-0.2, -0.15) is 0 Å². The summed E-state index contributed by atoms with van der Waals surface area (Å²) in [5, 5.41) is 15.1. The molecule has 0 saturated carbocycles. The average molecular weight is 400 g/mol. The van der Waals surface area contributed by atoms with Crippen LogP contribution >= 0.6 is 11.3 Å².